The number of aromatic nitrogens is 2. The maximum absolute atomic E-state index is 11.3. The van der Waals surface area contributed by atoms with Gasteiger partial charge >= 0.3 is 5.97 Å². The Morgan fingerprint density at radius 1 is 1.25 bits per heavy atom. The van der Waals surface area contributed by atoms with Crippen LogP contribution in [0.4, 0.5) is 0 Å². The highest BCUT2D eigenvalue weighted by molar-refractivity contribution is 6.31. The molecule has 20 heavy (non-hydrogen) atoms. The summed E-state index contributed by atoms with van der Waals surface area (Å²) in [5.41, 5.74) is 1.11. The molecule has 0 N–H and O–H groups in total. The lowest BCUT2D eigenvalue weighted by Gasteiger charge is -2.08. The minimum absolute atomic E-state index is 0.236. The summed E-state index contributed by atoms with van der Waals surface area (Å²) in [5, 5.41) is 0.236. The predicted molar refractivity (Wildman–Crippen MR) is 74.1 cm³/mol. The van der Waals surface area contributed by atoms with Crippen LogP contribution in [0.25, 0.3) is 6.08 Å². The normalized spacial score (nSPS) is 11.0. The minimum Gasteiger partial charge on any atom is -0.463 e. The van der Waals surface area contributed by atoms with E-state index in [9.17, 15) is 4.79 Å². The molecule has 1 rings (SSSR count). The lowest BCUT2D eigenvalue weighted by molar-refractivity contribution is -0.137. The molecule has 0 bridgehead atoms. The molecule has 0 unspecified atom stereocenters. The molecule has 0 saturated heterocycles. The summed E-state index contributed by atoms with van der Waals surface area (Å²) in [5.74, 6) is 0.00531. The summed E-state index contributed by atoms with van der Waals surface area (Å²) >= 11 is 6.10. The Kier molecular flexibility index (Phi) is 7.14. The summed E-state index contributed by atoms with van der Waals surface area (Å²) in [6.45, 7) is 2.54. The third kappa shape index (κ3) is 4.88. The maximum Gasteiger partial charge on any atom is 0.330 e. The molecule has 0 aromatic carbocycles. The number of hydrogen-bond acceptors (Lipinski definition) is 6. The Balaban J connectivity index is 3.06. The first kappa shape index (κ1) is 16.6. The monoisotopic (exact) mass is 300 g/mol. The van der Waals surface area contributed by atoms with Crippen LogP contribution in [-0.2, 0) is 32.2 Å². The van der Waals surface area contributed by atoms with Gasteiger partial charge < -0.3 is 14.2 Å². The highest BCUT2D eigenvalue weighted by Gasteiger charge is 2.11. The van der Waals surface area contributed by atoms with E-state index in [2.05, 4.69) is 9.97 Å². The number of esters is 1. The average molecular weight is 301 g/mol. The van der Waals surface area contributed by atoms with Gasteiger partial charge in [-0.05, 0) is 13.0 Å². The van der Waals surface area contributed by atoms with Gasteiger partial charge in [0, 0.05) is 25.9 Å². The Labute approximate surface area is 122 Å². The highest BCUT2D eigenvalue weighted by atomic mass is 35.5. The van der Waals surface area contributed by atoms with Crippen molar-refractivity contribution in [3.63, 3.8) is 0 Å². The first-order chi connectivity index (χ1) is 9.62. The van der Waals surface area contributed by atoms with Gasteiger partial charge in [-0.1, -0.05) is 11.6 Å². The van der Waals surface area contributed by atoms with Gasteiger partial charge in [0.1, 0.15) is 11.8 Å². The standard InChI is InChI=1S/C13H17ClN2O4/c1-4-20-12(17)6-5-9-10(7-18-2)15-11(8-19-3)16-13(9)14/h5-6H,4,7-8H2,1-3H3/b6-5+. The van der Waals surface area contributed by atoms with Crippen LogP contribution in [0.5, 0.6) is 0 Å². The minimum atomic E-state index is -0.451. The number of nitrogens with zero attached hydrogens (tertiary/aromatic N) is 2. The molecule has 110 valence electrons. The molecule has 0 amide bonds. The smallest absolute Gasteiger partial charge is 0.330 e. The van der Waals surface area contributed by atoms with Crippen LogP contribution >= 0.6 is 11.6 Å². The Morgan fingerprint density at radius 3 is 2.55 bits per heavy atom. The van der Waals surface area contributed by atoms with Crippen LogP contribution < -0.4 is 0 Å². The third-order valence-corrected chi connectivity index (χ3v) is 2.54. The lowest BCUT2D eigenvalue weighted by atomic mass is 10.2. The van der Waals surface area contributed by atoms with Crippen molar-refractivity contribution in [3.05, 3.63) is 28.3 Å². The zero-order chi connectivity index (χ0) is 15.0. The average Bonchev–Trinajstić information content (AvgIpc) is 2.39. The van der Waals surface area contributed by atoms with Gasteiger partial charge in [-0.25, -0.2) is 14.8 Å². The number of rotatable bonds is 7. The topological polar surface area (TPSA) is 70.5 Å². The quantitative estimate of drug-likeness (QED) is 0.436. The van der Waals surface area contributed by atoms with Gasteiger partial charge in [-0.3, -0.25) is 0 Å². The van der Waals surface area contributed by atoms with Crippen molar-refractivity contribution < 1.29 is 19.0 Å². The lowest BCUT2D eigenvalue weighted by Crippen LogP contribution is -2.06. The Morgan fingerprint density at radius 2 is 1.95 bits per heavy atom. The van der Waals surface area contributed by atoms with Gasteiger partial charge in [-0.2, -0.15) is 0 Å². The van der Waals surface area contributed by atoms with Crippen LogP contribution in [0.3, 0.4) is 0 Å². The predicted octanol–water partition coefficient (Wildman–Crippen LogP) is 2.00. The van der Waals surface area contributed by atoms with E-state index in [4.69, 9.17) is 25.8 Å². The summed E-state index contributed by atoms with van der Waals surface area (Å²) in [7, 11) is 3.09. The SMILES string of the molecule is CCOC(=O)/C=C/c1c(Cl)nc(COC)nc1COC. The Hall–Kier alpha value is -1.50. The fourth-order valence-corrected chi connectivity index (χ4v) is 1.75. The van der Waals surface area contributed by atoms with Crippen LogP contribution in [0, 0.1) is 0 Å². The van der Waals surface area contributed by atoms with Gasteiger partial charge in [-0.15, -0.1) is 0 Å². The van der Waals surface area contributed by atoms with E-state index < -0.39 is 5.97 Å². The van der Waals surface area contributed by atoms with E-state index in [-0.39, 0.29) is 18.4 Å². The molecule has 7 heteroatoms. The molecule has 0 spiro atoms. The van der Waals surface area contributed by atoms with Gasteiger partial charge in [0.25, 0.3) is 0 Å². The number of carbonyl (C=O) groups excluding carboxylic acids is 1. The molecule has 0 aliphatic heterocycles. The van der Waals surface area contributed by atoms with Crippen molar-refractivity contribution >= 4 is 23.6 Å². The van der Waals surface area contributed by atoms with Crippen LogP contribution in [-0.4, -0.2) is 36.8 Å². The second-order valence-corrected chi connectivity index (χ2v) is 4.10. The molecular formula is C13H17ClN2O4. The Bertz CT molecular complexity index is 492. The molecule has 0 saturated carbocycles. The third-order valence-electron chi connectivity index (χ3n) is 2.25. The fraction of sp³-hybridized carbons (Fsp3) is 0.462. The summed E-state index contributed by atoms with van der Waals surface area (Å²) in [4.78, 5) is 19.7. The van der Waals surface area contributed by atoms with E-state index >= 15 is 0 Å². The molecule has 0 fully saturated rings. The maximum atomic E-state index is 11.3. The molecule has 0 radical (unpaired) electrons. The first-order valence-corrected chi connectivity index (χ1v) is 6.38. The molecule has 1 aromatic rings. The zero-order valence-corrected chi connectivity index (χ0v) is 12.4. The zero-order valence-electron chi connectivity index (χ0n) is 11.7. The fourth-order valence-electron chi connectivity index (χ4n) is 1.48. The van der Waals surface area contributed by atoms with Crippen molar-refractivity contribution in [2.45, 2.75) is 20.1 Å². The number of hydrogen-bond donors (Lipinski definition) is 0. The molecule has 6 nitrogen and oxygen atoms in total. The van der Waals surface area contributed by atoms with E-state index in [0.717, 1.165) is 0 Å². The van der Waals surface area contributed by atoms with Crippen molar-refractivity contribution in [2.75, 3.05) is 20.8 Å². The number of ether oxygens (including phenoxy) is 3. The molecule has 0 atom stereocenters. The number of halogens is 1. The van der Waals surface area contributed by atoms with E-state index in [0.29, 0.717) is 23.7 Å². The van der Waals surface area contributed by atoms with E-state index in [1.807, 2.05) is 0 Å². The van der Waals surface area contributed by atoms with Gasteiger partial charge in [0.2, 0.25) is 0 Å². The molecule has 1 heterocycles. The van der Waals surface area contributed by atoms with E-state index in [1.165, 1.54) is 12.2 Å². The first-order valence-electron chi connectivity index (χ1n) is 6.00. The second kappa shape index (κ2) is 8.63. The summed E-state index contributed by atoms with van der Waals surface area (Å²) < 4.78 is 14.8. The molecule has 0 aliphatic rings. The summed E-state index contributed by atoms with van der Waals surface area (Å²) in [6, 6.07) is 0. The summed E-state index contributed by atoms with van der Waals surface area (Å²) in [6.07, 6.45) is 2.80. The molecule has 1 aromatic heterocycles. The van der Waals surface area contributed by atoms with Crippen molar-refractivity contribution in [2.24, 2.45) is 0 Å². The van der Waals surface area contributed by atoms with Gasteiger partial charge in [0.15, 0.2) is 5.82 Å². The largest absolute Gasteiger partial charge is 0.463 e. The van der Waals surface area contributed by atoms with Crippen LogP contribution in [0.1, 0.15) is 24.0 Å². The molecular weight excluding hydrogens is 284 g/mol. The van der Waals surface area contributed by atoms with Crippen molar-refractivity contribution in [1.82, 2.24) is 9.97 Å². The highest BCUT2D eigenvalue weighted by Crippen LogP contribution is 2.20. The second-order valence-electron chi connectivity index (χ2n) is 3.74. The van der Waals surface area contributed by atoms with Crippen molar-refractivity contribution in [3.8, 4) is 0 Å². The van der Waals surface area contributed by atoms with Crippen LogP contribution in [0.15, 0.2) is 6.08 Å². The molecule has 0 aliphatic carbocycles. The number of methoxy groups -OCH3 is 2. The van der Waals surface area contributed by atoms with Gasteiger partial charge in [0.05, 0.1) is 18.9 Å². The van der Waals surface area contributed by atoms with Crippen LogP contribution in [0.2, 0.25) is 5.15 Å². The van der Waals surface area contributed by atoms with E-state index in [1.54, 1.807) is 21.1 Å². The number of carbonyl (C=O) groups is 1. The van der Waals surface area contributed by atoms with Crippen molar-refractivity contribution in [1.29, 1.82) is 0 Å².